The first-order chi connectivity index (χ1) is 13.2. The molecule has 6 heteroatoms. The van der Waals surface area contributed by atoms with E-state index in [1.54, 1.807) is 4.52 Å². The monoisotopic (exact) mass is 357 g/mol. The molecule has 4 aromatic rings. The van der Waals surface area contributed by atoms with Crippen molar-refractivity contribution in [2.75, 3.05) is 10.6 Å². The molecule has 2 heterocycles. The predicted molar refractivity (Wildman–Crippen MR) is 107 cm³/mol. The van der Waals surface area contributed by atoms with Crippen LogP contribution >= 0.6 is 0 Å². The van der Waals surface area contributed by atoms with Crippen LogP contribution in [0.2, 0.25) is 0 Å². The van der Waals surface area contributed by atoms with Crippen LogP contribution < -0.4 is 10.6 Å². The Bertz CT molecular complexity index is 1090. The van der Waals surface area contributed by atoms with Gasteiger partial charge in [0, 0.05) is 29.6 Å². The third kappa shape index (κ3) is 3.64. The highest BCUT2D eigenvalue weighted by Crippen LogP contribution is 2.25. The highest BCUT2D eigenvalue weighted by Gasteiger charge is 2.10. The Hall–Kier alpha value is -3.67. The number of pyridine rings is 1. The molecule has 2 aromatic heterocycles. The molecule has 4 rings (SSSR count). The number of carbonyl (C=O) groups excluding carboxylic acids is 1. The molecular formula is C21H19N5O. The molecule has 0 aliphatic carbocycles. The Balaban J connectivity index is 1.64. The normalized spacial score (nSPS) is 10.7. The molecule has 0 fully saturated rings. The van der Waals surface area contributed by atoms with Crippen LogP contribution in [0.5, 0.6) is 0 Å². The molecule has 2 N–H and O–H groups in total. The Labute approximate surface area is 156 Å². The first-order valence-electron chi connectivity index (χ1n) is 8.80. The van der Waals surface area contributed by atoms with E-state index >= 15 is 0 Å². The highest BCUT2D eigenvalue weighted by atomic mass is 16.1. The summed E-state index contributed by atoms with van der Waals surface area (Å²) in [6.45, 7) is 1.82. The zero-order chi connectivity index (χ0) is 18.6. The van der Waals surface area contributed by atoms with Crippen LogP contribution in [0.4, 0.5) is 17.3 Å². The van der Waals surface area contributed by atoms with Crippen LogP contribution in [0.25, 0.3) is 16.8 Å². The van der Waals surface area contributed by atoms with Gasteiger partial charge in [-0.2, -0.15) is 4.98 Å². The van der Waals surface area contributed by atoms with Crippen LogP contribution in [0, 0.1) is 0 Å². The van der Waals surface area contributed by atoms with Crippen molar-refractivity contribution in [3.8, 4) is 11.1 Å². The fourth-order valence-corrected chi connectivity index (χ4v) is 2.86. The summed E-state index contributed by atoms with van der Waals surface area (Å²) in [6, 6.07) is 21.6. The van der Waals surface area contributed by atoms with Crippen LogP contribution in [-0.2, 0) is 4.79 Å². The summed E-state index contributed by atoms with van der Waals surface area (Å²) in [5.74, 6) is 0.475. The third-order valence-electron chi connectivity index (χ3n) is 4.17. The second kappa shape index (κ2) is 7.29. The summed E-state index contributed by atoms with van der Waals surface area (Å²) in [6.07, 6.45) is 2.31. The van der Waals surface area contributed by atoms with Crippen LogP contribution in [0.1, 0.15) is 13.3 Å². The third-order valence-corrected chi connectivity index (χ3v) is 4.17. The summed E-state index contributed by atoms with van der Waals surface area (Å²) in [7, 11) is 0. The van der Waals surface area contributed by atoms with Crippen molar-refractivity contribution in [2.24, 2.45) is 0 Å². The molecule has 27 heavy (non-hydrogen) atoms. The van der Waals surface area contributed by atoms with E-state index in [4.69, 9.17) is 0 Å². The van der Waals surface area contributed by atoms with Gasteiger partial charge in [0.2, 0.25) is 11.9 Å². The number of hydrogen-bond donors (Lipinski definition) is 2. The van der Waals surface area contributed by atoms with Gasteiger partial charge in [0.25, 0.3) is 0 Å². The fraction of sp³-hybridized carbons (Fsp3) is 0.0952. The van der Waals surface area contributed by atoms with Gasteiger partial charge in [-0.1, -0.05) is 43.3 Å². The fourth-order valence-electron chi connectivity index (χ4n) is 2.86. The molecule has 0 aliphatic heterocycles. The van der Waals surface area contributed by atoms with Gasteiger partial charge < -0.3 is 10.6 Å². The molecule has 134 valence electrons. The molecule has 6 nitrogen and oxygen atoms in total. The maximum Gasteiger partial charge on any atom is 0.247 e. The molecule has 0 radical (unpaired) electrons. The second-order valence-corrected chi connectivity index (χ2v) is 6.10. The number of anilines is 3. The molecule has 0 unspecified atom stereocenters. The summed E-state index contributed by atoms with van der Waals surface area (Å²) in [4.78, 5) is 16.2. The van der Waals surface area contributed by atoms with E-state index in [1.165, 1.54) is 0 Å². The summed E-state index contributed by atoms with van der Waals surface area (Å²) >= 11 is 0. The van der Waals surface area contributed by atoms with Crippen molar-refractivity contribution >= 4 is 28.9 Å². The minimum Gasteiger partial charge on any atom is -0.326 e. The number of fused-ring (bicyclic) bond motifs is 1. The van der Waals surface area contributed by atoms with Crippen molar-refractivity contribution in [3.63, 3.8) is 0 Å². The molecule has 0 saturated carbocycles. The van der Waals surface area contributed by atoms with E-state index < -0.39 is 0 Å². The lowest BCUT2D eigenvalue weighted by atomic mass is 10.1. The molecule has 1 amide bonds. The number of aromatic nitrogens is 3. The molecule has 0 saturated heterocycles. The number of nitrogens with one attached hydrogen (secondary N) is 2. The second-order valence-electron chi connectivity index (χ2n) is 6.10. The Morgan fingerprint density at radius 1 is 1.00 bits per heavy atom. The van der Waals surface area contributed by atoms with Crippen LogP contribution in [-0.4, -0.2) is 20.5 Å². The number of benzene rings is 2. The van der Waals surface area contributed by atoms with E-state index in [-0.39, 0.29) is 5.91 Å². The molecule has 0 bridgehead atoms. The van der Waals surface area contributed by atoms with Gasteiger partial charge in [-0.05, 0) is 35.9 Å². The van der Waals surface area contributed by atoms with Gasteiger partial charge >= 0.3 is 0 Å². The average Bonchev–Trinajstić information content (AvgIpc) is 3.11. The lowest BCUT2D eigenvalue weighted by Gasteiger charge is -2.06. The zero-order valence-electron chi connectivity index (χ0n) is 14.9. The van der Waals surface area contributed by atoms with Gasteiger partial charge in [0.15, 0.2) is 5.65 Å². The number of nitrogens with zero attached hydrogens (tertiary/aromatic N) is 3. The lowest BCUT2D eigenvalue weighted by Crippen LogP contribution is -2.09. The summed E-state index contributed by atoms with van der Waals surface area (Å²) < 4.78 is 1.76. The van der Waals surface area contributed by atoms with E-state index in [0.29, 0.717) is 12.4 Å². The number of carbonyl (C=O) groups is 1. The lowest BCUT2D eigenvalue weighted by molar-refractivity contribution is -0.115. The van der Waals surface area contributed by atoms with Crippen LogP contribution in [0.3, 0.4) is 0 Å². The van der Waals surface area contributed by atoms with Gasteiger partial charge in [-0.25, -0.2) is 4.52 Å². The van der Waals surface area contributed by atoms with Gasteiger partial charge in [-0.15, -0.1) is 5.10 Å². The Kier molecular flexibility index (Phi) is 4.53. The van der Waals surface area contributed by atoms with Crippen LogP contribution in [0.15, 0.2) is 72.9 Å². The smallest absolute Gasteiger partial charge is 0.247 e. The zero-order valence-corrected chi connectivity index (χ0v) is 14.9. The van der Waals surface area contributed by atoms with E-state index in [0.717, 1.165) is 28.1 Å². The van der Waals surface area contributed by atoms with Gasteiger partial charge in [-0.3, -0.25) is 4.79 Å². The highest BCUT2D eigenvalue weighted by molar-refractivity contribution is 5.91. The van der Waals surface area contributed by atoms with Crippen molar-refractivity contribution in [1.29, 1.82) is 0 Å². The molecule has 0 aliphatic rings. The summed E-state index contributed by atoms with van der Waals surface area (Å²) in [5.41, 5.74) is 4.43. The minimum absolute atomic E-state index is 0.0227. The van der Waals surface area contributed by atoms with E-state index in [9.17, 15) is 4.79 Å². The Morgan fingerprint density at radius 3 is 2.63 bits per heavy atom. The SMILES string of the molecule is CCC(=O)Nc1cccc(Nc2nc3c(-c4ccccc4)cccn3n2)c1. The molecule has 2 aromatic carbocycles. The van der Waals surface area contributed by atoms with Crippen molar-refractivity contribution < 1.29 is 4.79 Å². The standard InChI is InChI=1S/C21H19N5O/c1-2-19(27)22-16-10-6-11-17(14-16)23-21-24-20-18(12-7-13-26(20)25-21)15-8-4-3-5-9-15/h3-14H,2H2,1H3,(H,22,27)(H,23,25). The topological polar surface area (TPSA) is 71.3 Å². The maximum atomic E-state index is 11.6. The Morgan fingerprint density at radius 2 is 1.81 bits per heavy atom. The number of rotatable bonds is 5. The van der Waals surface area contributed by atoms with E-state index in [1.807, 2.05) is 67.7 Å². The number of amides is 1. The predicted octanol–water partition coefficient (Wildman–Crippen LogP) is 4.49. The first kappa shape index (κ1) is 16.8. The van der Waals surface area contributed by atoms with Crippen molar-refractivity contribution in [3.05, 3.63) is 72.9 Å². The number of hydrogen-bond acceptors (Lipinski definition) is 4. The molecular weight excluding hydrogens is 338 g/mol. The molecule has 0 spiro atoms. The maximum absolute atomic E-state index is 11.6. The summed E-state index contributed by atoms with van der Waals surface area (Å²) in [5, 5.41) is 10.6. The quantitative estimate of drug-likeness (QED) is 0.552. The van der Waals surface area contributed by atoms with Crippen molar-refractivity contribution in [1.82, 2.24) is 14.6 Å². The van der Waals surface area contributed by atoms with Crippen molar-refractivity contribution in [2.45, 2.75) is 13.3 Å². The van der Waals surface area contributed by atoms with E-state index in [2.05, 4.69) is 32.8 Å². The largest absolute Gasteiger partial charge is 0.326 e. The van der Waals surface area contributed by atoms with Gasteiger partial charge in [0.1, 0.15) is 0 Å². The average molecular weight is 357 g/mol. The molecule has 0 atom stereocenters. The minimum atomic E-state index is -0.0227. The van der Waals surface area contributed by atoms with Gasteiger partial charge in [0.05, 0.1) is 0 Å². The first-order valence-corrected chi connectivity index (χ1v) is 8.80.